The Morgan fingerprint density at radius 1 is 1.33 bits per heavy atom. The van der Waals surface area contributed by atoms with Gasteiger partial charge in [0.15, 0.2) is 0 Å². The minimum atomic E-state index is 0.457. The fraction of sp³-hybridized carbons (Fsp3) is 1.00. The van der Waals surface area contributed by atoms with E-state index in [0.29, 0.717) is 11.5 Å². The maximum atomic E-state index is 5.88. The van der Waals surface area contributed by atoms with E-state index < -0.39 is 0 Å². The summed E-state index contributed by atoms with van der Waals surface area (Å²) in [7, 11) is 0. The Hall–Kier alpha value is -0.120. The SMILES string of the molecule is CC1(CCCN2CCC(N)CC2)COC1. The van der Waals surface area contributed by atoms with Crippen LogP contribution >= 0.6 is 0 Å². The minimum absolute atomic E-state index is 0.457. The third-order valence-electron chi connectivity index (χ3n) is 3.79. The van der Waals surface area contributed by atoms with Crippen LogP contribution in [0, 0.1) is 5.41 Å². The lowest BCUT2D eigenvalue weighted by atomic mass is 9.83. The lowest BCUT2D eigenvalue weighted by Gasteiger charge is -2.39. The normalized spacial score (nSPS) is 27.6. The van der Waals surface area contributed by atoms with Crippen molar-refractivity contribution in [2.24, 2.45) is 11.1 Å². The number of ether oxygens (including phenoxy) is 1. The first-order chi connectivity index (χ1) is 7.18. The van der Waals surface area contributed by atoms with Crippen LogP contribution in [0.1, 0.15) is 32.6 Å². The van der Waals surface area contributed by atoms with Gasteiger partial charge in [-0.25, -0.2) is 0 Å². The highest BCUT2D eigenvalue weighted by Crippen LogP contribution is 2.31. The first-order valence-electron chi connectivity index (χ1n) is 6.24. The molecule has 0 atom stereocenters. The second-order valence-corrected chi connectivity index (χ2v) is 5.59. The molecule has 2 aliphatic rings. The van der Waals surface area contributed by atoms with E-state index in [2.05, 4.69) is 11.8 Å². The average Bonchev–Trinajstić information content (AvgIpc) is 2.19. The second kappa shape index (κ2) is 4.81. The standard InChI is InChI=1S/C12H24N2O/c1-12(9-15-10-12)5-2-6-14-7-3-11(13)4-8-14/h11H,2-10,13H2,1H3. The highest BCUT2D eigenvalue weighted by Gasteiger charge is 2.32. The Kier molecular flexibility index (Phi) is 3.65. The van der Waals surface area contributed by atoms with Crippen LogP contribution in [0.25, 0.3) is 0 Å². The van der Waals surface area contributed by atoms with E-state index in [1.54, 1.807) is 0 Å². The molecule has 0 spiro atoms. The highest BCUT2D eigenvalue weighted by molar-refractivity contribution is 4.81. The Bertz CT molecular complexity index is 196. The predicted octanol–water partition coefficient (Wildman–Crippen LogP) is 1.23. The third kappa shape index (κ3) is 3.16. The van der Waals surface area contributed by atoms with Crippen LogP contribution in [0.3, 0.4) is 0 Å². The predicted molar refractivity (Wildman–Crippen MR) is 61.8 cm³/mol. The zero-order valence-electron chi connectivity index (χ0n) is 9.87. The van der Waals surface area contributed by atoms with Crippen molar-refractivity contribution in [1.82, 2.24) is 4.90 Å². The lowest BCUT2D eigenvalue weighted by molar-refractivity contribution is -0.107. The van der Waals surface area contributed by atoms with Crippen LogP contribution in [0.2, 0.25) is 0 Å². The molecule has 88 valence electrons. The molecule has 3 nitrogen and oxygen atoms in total. The van der Waals surface area contributed by atoms with Gasteiger partial charge in [0.05, 0.1) is 13.2 Å². The maximum Gasteiger partial charge on any atom is 0.0542 e. The van der Waals surface area contributed by atoms with E-state index in [1.165, 1.54) is 45.3 Å². The summed E-state index contributed by atoms with van der Waals surface area (Å²) in [5.41, 5.74) is 6.37. The molecule has 0 unspecified atom stereocenters. The molecule has 2 fully saturated rings. The Labute approximate surface area is 93.0 Å². The van der Waals surface area contributed by atoms with Gasteiger partial charge in [0, 0.05) is 11.5 Å². The van der Waals surface area contributed by atoms with Crippen LogP contribution in [0.4, 0.5) is 0 Å². The summed E-state index contributed by atoms with van der Waals surface area (Å²) in [5.74, 6) is 0. The van der Waals surface area contributed by atoms with Crippen molar-refractivity contribution in [3.63, 3.8) is 0 Å². The van der Waals surface area contributed by atoms with E-state index in [-0.39, 0.29) is 0 Å². The van der Waals surface area contributed by atoms with Gasteiger partial charge >= 0.3 is 0 Å². The summed E-state index contributed by atoms with van der Waals surface area (Å²) >= 11 is 0. The number of hydrogen-bond acceptors (Lipinski definition) is 3. The minimum Gasteiger partial charge on any atom is -0.380 e. The van der Waals surface area contributed by atoms with E-state index in [9.17, 15) is 0 Å². The molecule has 0 aromatic heterocycles. The highest BCUT2D eigenvalue weighted by atomic mass is 16.5. The summed E-state index contributed by atoms with van der Waals surface area (Å²) < 4.78 is 5.26. The fourth-order valence-electron chi connectivity index (χ4n) is 2.50. The van der Waals surface area contributed by atoms with E-state index in [1.807, 2.05) is 0 Å². The summed E-state index contributed by atoms with van der Waals surface area (Å²) in [6.45, 7) is 7.93. The van der Waals surface area contributed by atoms with Gasteiger partial charge in [-0.1, -0.05) is 6.92 Å². The smallest absolute Gasteiger partial charge is 0.0542 e. The topological polar surface area (TPSA) is 38.5 Å². The van der Waals surface area contributed by atoms with Gasteiger partial charge in [0.25, 0.3) is 0 Å². The molecule has 0 saturated carbocycles. The first-order valence-corrected chi connectivity index (χ1v) is 6.24. The second-order valence-electron chi connectivity index (χ2n) is 5.59. The molecule has 2 rings (SSSR count). The number of rotatable bonds is 4. The number of hydrogen-bond donors (Lipinski definition) is 1. The molecule has 0 bridgehead atoms. The first kappa shape index (κ1) is 11.4. The van der Waals surface area contributed by atoms with Gasteiger partial charge in [-0.05, 0) is 45.3 Å². The molecular weight excluding hydrogens is 188 g/mol. The van der Waals surface area contributed by atoms with Crippen LogP contribution in [0.15, 0.2) is 0 Å². The summed E-state index contributed by atoms with van der Waals surface area (Å²) in [6.07, 6.45) is 4.99. The Morgan fingerprint density at radius 2 is 2.00 bits per heavy atom. The molecule has 0 radical (unpaired) electrons. The van der Waals surface area contributed by atoms with Crippen LogP contribution < -0.4 is 5.73 Å². The van der Waals surface area contributed by atoms with Gasteiger partial charge in [-0.15, -0.1) is 0 Å². The Morgan fingerprint density at radius 3 is 2.53 bits per heavy atom. The molecule has 0 amide bonds. The number of likely N-dealkylation sites (tertiary alicyclic amines) is 1. The van der Waals surface area contributed by atoms with E-state index >= 15 is 0 Å². The molecule has 2 N–H and O–H groups in total. The summed E-state index contributed by atoms with van der Waals surface area (Å²) in [6, 6.07) is 0.457. The quantitative estimate of drug-likeness (QED) is 0.761. The molecule has 2 saturated heterocycles. The van der Waals surface area contributed by atoms with Crippen molar-refractivity contribution in [2.45, 2.75) is 38.6 Å². The molecule has 3 heteroatoms. The monoisotopic (exact) mass is 212 g/mol. The molecule has 0 aliphatic carbocycles. The molecule has 0 aromatic carbocycles. The van der Waals surface area contributed by atoms with Crippen molar-refractivity contribution in [3.8, 4) is 0 Å². The molecule has 2 aliphatic heterocycles. The molecule has 0 aromatic rings. The van der Waals surface area contributed by atoms with Crippen LogP contribution in [-0.2, 0) is 4.74 Å². The zero-order valence-corrected chi connectivity index (χ0v) is 9.87. The Balaban J connectivity index is 1.57. The summed E-state index contributed by atoms with van der Waals surface area (Å²) in [4.78, 5) is 2.56. The van der Waals surface area contributed by atoms with Crippen molar-refractivity contribution in [1.29, 1.82) is 0 Å². The maximum absolute atomic E-state index is 5.88. The molecular formula is C12H24N2O. The number of piperidine rings is 1. The van der Waals surface area contributed by atoms with Crippen LogP contribution in [0.5, 0.6) is 0 Å². The largest absolute Gasteiger partial charge is 0.380 e. The van der Waals surface area contributed by atoms with E-state index in [0.717, 1.165) is 13.2 Å². The van der Waals surface area contributed by atoms with Gasteiger partial charge in [0.2, 0.25) is 0 Å². The van der Waals surface area contributed by atoms with Gasteiger partial charge in [0.1, 0.15) is 0 Å². The zero-order chi connectivity index (χ0) is 10.7. The van der Waals surface area contributed by atoms with Crippen molar-refractivity contribution in [3.05, 3.63) is 0 Å². The fourth-order valence-corrected chi connectivity index (χ4v) is 2.50. The van der Waals surface area contributed by atoms with Crippen LogP contribution in [-0.4, -0.2) is 43.8 Å². The molecule has 15 heavy (non-hydrogen) atoms. The lowest BCUT2D eigenvalue weighted by Crippen LogP contribution is -2.42. The van der Waals surface area contributed by atoms with Crippen molar-refractivity contribution in [2.75, 3.05) is 32.8 Å². The molecule has 2 heterocycles. The number of nitrogens with zero attached hydrogens (tertiary/aromatic N) is 1. The van der Waals surface area contributed by atoms with Crippen molar-refractivity contribution >= 4 is 0 Å². The van der Waals surface area contributed by atoms with Gasteiger partial charge in [-0.2, -0.15) is 0 Å². The van der Waals surface area contributed by atoms with E-state index in [4.69, 9.17) is 10.5 Å². The summed E-state index contributed by atoms with van der Waals surface area (Å²) in [5, 5.41) is 0. The van der Waals surface area contributed by atoms with Crippen molar-refractivity contribution < 1.29 is 4.74 Å². The average molecular weight is 212 g/mol. The van der Waals surface area contributed by atoms with Gasteiger partial charge in [-0.3, -0.25) is 0 Å². The van der Waals surface area contributed by atoms with Gasteiger partial charge < -0.3 is 15.4 Å². The third-order valence-corrected chi connectivity index (χ3v) is 3.79. The number of nitrogens with two attached hydrogens (primary N) is 1.